The van der Waals surface area contributed by atoms with E-state index in [4.69, 9.17) is 16.7 Å². The average Bonchev–Trinajstić information content (AvgIpc) is 2.84. The predicted octanol–water partition coefficient (Wildman–Crippen LogP) is 2.43. The van der Waals surface area contributed by atoms with Gasteiger partial charge in [-0.1, -0.05) is 17.7 Å². The quantitative estimate of drug-likeness (QED) is 0.893. The Hall–Kier alpha value is -1.71. The number of aromatic carboxylic acids is 1. The lowest BCUT2D eigenvalue weighted by atomic mass is 10.3. The van der Waals surface area contributed by atoms with Crippen molar-refractivity contribution in [3.63, 3.8) is 0 Å². The van der Waals surface area contributed by atoms with E-state index >= 15 is 0 Å². The summed E-state index contributed by atoms with van der Waals surface area (Å²) in [5.74, 6) is -2.37. The lowest BCUT2D eigenvalue weighted by molar-refractivity contribution is 0.0687. The molecule has 0 bridgehead atoms. The van der Waals surface area contributed by atoms with E-state index in [1.165, 1.54) is 12.1 Å². The van der Waals surface area contributed by atoms with Crippen LogP contribution in [0, 0.1) is 5.82 Å². The molecule has 2 N–H and O–H groups in total. The second-order valence-electron chi connectivity index (χ2n) is 3.50. The third kappa shape index (κ3) is 2.74. The maximum atomic E-state index is 13.5. The molecule has 1 aromatic heterocycles. The number of carbonyl (C=O) groups is 1. The first-order valence-corrected chi connectivity index (χ1v) is 7.70. The van der Waals surface area contributed by atoms with Gasteiger partial charge < -0.3 is 5.11 Å². The van der Waals surface area contributed by atoms with E-state index in [9.17, 15) is 17.6 Å². The Kier molecular flexibility index (Phi) is 3.93. The fourth-order valence-electron chi connectivity index (χ4n) is 1.34. The first-order valence-electron chi connectivity index (χ1n) is 4.96. The number of halogens is 2. The van der Waals surface area contributed by atoms with Gasteiger partial charge in [0.1, 0.15) is 11.5 Å². The minimum absolute atomic E-state index is 0.144. The number of carboxylic acids is 1. The molecule has 0 fully saturated rings. The zero-order valence-electron chi connectivity index (χ0n) is 9.50. The van der Waals surface area contributed by atoms with Gasteiger partial charge in [0.25, 0.3) is 10.0 Å². The summed E-state index contributed by atoms with van der Waals surface area (Å²) in [6, 6.07) is 3.63. The Bertz CT molecular complexity index is 755. The Balaban J connectivity index is 2.47. The molecule has 6 nitrogen and oxygen atoms in total. The van der Waals surface area contributed by atoms with Gasteiger partial charge in [-0.05, 0) is 12.1 Å². The summed E-state index contributed by atoms with van der Waals surface area (Å²) < 4.78 is 39.1. The predicted molar refractivity (Wildman–Crippen MR) is 71.3 cm³/mol. The van der Waals surface area contributed by atoms with E-state index in [2.05, 4.69) is 4.98 Å². The molecule has 2 aromatic rings. The summed E-state index contributed by atoms with van der Waals surface area (Å²) in [7, 11) is -4.29. The molecule has 0 aliphatic rings. The number of carboxylic acid groups (broad SMARTS) is 1. The smallest absolute Gasteiger partial charge is 0.356 e. The van der Waals surface area contributed by atoms with Crippen molar-refractivity contribution >= 4 is 44.6 Å². The summed E-state index contributed by atoms with van der Waals surface area (Å²) >= 11 is 6.31. The van der Waals surface area contributed by atoms with Gasteiger partial charge in [0.2, 0.25) is 0 Å². The van der Waals surface area contributed by atoms with Crippen molar-refractivity contribution in [3.8, 4) is 0 Å². The van der Waals surface area contributed by atoms with Crippen molar-refractivity contribution in [1.29, 1.82) is 0 Å². The van der Waals surface area contributed by atoms with Crippen molar-refractivity contribution in [2.45, 2.75) is 4.21 Å². The number of sulfonamides is 1. The molecule has 0 radical (unpaired) electrons. The first kappa shape index (κ1) is 14.7. The van der Waals surface area contributed by atoms with E-state index < -0.39 is 37.4 Å². The summed E-state index contributed by atoms with van der Waals surface area (Å²) in [4.78, 5) is 14.3. The average molecular weight is 337 g/mol. The van der Waals surface area contributed by atoms with Crippen LogP contribution in [-0.2, 0) is 10.0 Å². The lowest BCUT2D eigenvalue weighted by Gasteiger charge is -2.09. The van der Waals surface area contributed by atoms with Crippen molar-refractivity contribution < 1.29 is 22.7 Å². The monoisotopic (exact) mass is 336 g/mol. The van der Waals surface area contributed by atoms with Crippen LogP contribution < -0.4 is 4.72 Å². The van der Waals surface area contributed by atoms with E-state index in [0.29, 0.717) is 11.3 Å². The molecule has 0 atom stereocenters. The number of aromatic nitrogens is 1. The molecule has 0 saturated heterocycles. The van der Waals surface area contributed by atoms with Crippen LogP contribution in [0.3, 0.4) is 0 Å². The molecule has 106 valence electrons. The molecule has 0 unspecified atom stereocenters. The molecule has 1 heterocycles. The zero-order chi connectivity index (χ0) is 14.9. The van der Waals surface area contributed by atoms with Crippen molar-refractivity contribution in [1.82, 2.24) is 4.98 Å². The van der Waals surface area contributed by atoms with Crippen LogP contribution in [-0.4, -0.2) is 24.5 Å². The molecule has 0 aliphatic heterocycles. The van der Waals surface area contributed by atoms with Crippen molar-refractivity contribution in [2.75, 3.05) is 4.72 Å². The Labute approximate surface area is 121 Å². The van der Waals surface area contributed by atoms with Crippen LogP contribution in [0.5, 0.6) is 0 Å². The van der Waals surface area contributed by atoms with Gasteiger partial charge in [-0.25, -0.2) is 22.6 Å². The van der Waals surface area contributed by atoms with Crippen LogP contribution >= 0.6 is 22.9 Å². The van der Waals surface area contributed by atoms with Crippen LogP contribution in [0.4, 0.5) is 10.1 Å². The highest BCUT2D eigenvalue weighted by Crippen LogP contribution is 2.29. The van der Waals surface area contributed by atoms with Gasteiger partial charge >= 0.3 is 5.97 Å². The molecule has 1 aromatic carbocycles. The van der Waals surface area contributed by atoms with Gasteiger partial charge in [0, 0.05) is 0 Å². The fraction of sp³-hybridized carbons (Fsp3) is 0. The molecular formula is C10H6ClFN2O4S2. The largest absolute Gasteiger partial charge is 0.476 e. The van der Waals surface area contributed by atoms with Gasteiger partial charge in [0.15, 0.2) is 9.90 Å². The van der Waals surface area contributed by atoms with E-state index in [0.717, 1.165) is 11.6 Å². The number of para-hydroxylation sites is 1. The number of benzene rings is 1. The molecule has 10 heteroatoms. The zero-order valence-corrected chi connectivity index (χ0v) is 11.9. The van der Waals surface area contributed by atoms with E-state index in [1.807, 2.05) is 4.72 Å². The van der Waals surface area contributed by atoms with E-state index in [-0.39, 0.29) is 5.02 Å². The topological polar surface area (TPSA) is 96.4 Å². The summed E-state index contributed by atoms with van der Waals surface area (Å²) in [5.41, 5.74) is -0.00471. The Morgan fingerprint density at radius 1 is 1.45 bits per heavy atom. The molecule has 2 rings (SSSR count). The van der Waals surface area contributed by atoms with Crippen LogP contribution in [0.15, 0.2) is 27.9 Å². The molecule has 20 heavy (non-hydrogen) atoms. The maximum Gasteiger partial charge on any atom is 0.356 e. The highest BCUT2D eigenvalue weighted by molar-refractivity contribution is 7.94. The highest BCUT2D eigenvalue weighted by Gasteiger charge is 2.27. The van der Waals surface area contributed by atoms with Crippen molar-refractivity contribution in [3.05, 3.63) is 40.2 Å². The summed E-state index contributed by atoms with van der Waals surface area (Å²) in [5, 5.41) is 8.70. The highest BCUT2D eigenvalue weighted by atomic mass is 35.5. The van der Waals surface area contributed by atoms with Crippen LogP contribution in [0.25, 0.3) is 0 Å². The van der Waals surface area contributed by atoms with Crippen LogP contribution in [0.1, 0.15) is 10.5 Å². The van der Waals surface area contributed by atoms with Crippen LogP contribution in [0.2, 0.25) is 5.02 Å². The van der Waals surface area contributed by atoms with Crippen molar-refractivity contribution in [2.24, 2.45) is 0 Å². The van der Waals surface area contributed by atoms with Gasteiger partial charge in [0.05, 0.1) is 10.5 Å². The summed E-state index contributed by atoms with van der Waals surface area (Å²) in [6.45, 7) is 0. The first-order chi connectivity index (χ1) is 9.33. The van der Waals surface area contributed by atoms with Gasteiger partial charge in [-0.3, -0.25) is 4.72 Å². The van der Waals surface area contributed by atoms with Gasteiger partial charge in [-0.2, -0.15) is 0 Å². The number of nitrogens with zero attached hydrogens (tertiary/aromatic N) is 1. The maximum absolute atomic E-state index is 13.5. The Morgan fingerprint density at radius 3 is 2.75 bits per heavy atom. The number of anilines is 1. The molecule has 0 aliphatic carbocycles. The molecular weight excluding hydrogens is 331 g/mol. The molecule has 0 saturated carbocycles. The fourth-order valence-corrected chi connectivity index (χ4v) is 3.84. The Morgan fingerprint density at radius 2 is 2.15 bits per heavy atom. The molecule has 0 spiro atoms. The third-order valence-electron chi connectivity index (χ3n) is 2.18. The summed E-state index contributed by atoms with van der Waals surface area (Å²) in [6.07, 6.45) is 0. The third-order valence-corrected chi connectivity index (χ3v) is 5.22. The minimum Gasteiger partial charge on any atom is -0.476 e. The normalized spacial score (nSPS) is 11.3. The second kappa shape index (κ2) is 5.35. The number of hydrogen-bond acceptors (Lipinski definition) is 5. The number of rotatable bonds is 4. The standard InChI is InChI=1S/C10H6ClFN2O4S2/c11-5-2-1-3-6(12)7(5)14-20(17,18)10-8(9(15)16)13-4-19-10/h1-4,14H,(H,15,16). The molecule has 0 amide bonds. The van der Waals surface area contributed by atoms with E-state index in [1.54, 1.807) is 0 Å². The number of thiazole rings is 1. The lowest BCUT2D eigenvalue weighted by Crippen LogP contribution is -2.16. The van der Waals surface area contributed by atoms with Gasteiger partial charge in [-0.15, -0.1) is 11.3 Å². The second-order valence-corrected chi connectivity index (χ2v) is 6.64. The number of hydrogen-bond donors (Lipinski definition) is 2. The SMILES string of the molecule is O=C(O)c1ncsc1S(=O)(=O)Nc1c(F)cccc1Cl. The number of nitrogens with one attached hydrogen (secondary N) is 1. The minimum atomic E-state index is -4.29.